The lowest BCUT2D eigenvalue weighted by molar-refractivity contribution is 0.102. The number of imidazole rings is 1. The van der Waals surface area contributed by atoms with Gasteiger partial charge in [-0.1, -0.05) is 25.5 Å². The maximum atomic E-state index is 12.6. The molecule has 6 heteroatoms. The van der Waals surface area contributed by atoms with Crippen LogP contribution in [-0.4, -0.2) is 40.6 Å². The van der Waals surface area contributed by atoms with Crippen molar-refractivity contribution in [1.29, 1.82) is 0 Å². The Kier molecular flexibility index (Phi) is 5.30. The van der Waals surface area contributed by atoms with Gasteiger partial charge in [0.15, 0.2) is 0 Å². The largest absolute Gasteiger partial charge is 0.496 e. The number of fused-ring (bicyclic) bond motifs is 3. The molecular formula is C22H26N4O2. The summed E-state index contributed by atoms with van der Waals surface area (Å²) in [7, 11) is 1.57. The molecule has 3 aromatic rings. The number of methoxy groups -OCH3 is 1. The fourth-order valence-electron chi connectivity index (χ4n) is 3.75. The zero-order chi connectivity index (χ0) is 19.5. The first kappa shape index (κ1) is 18.5. The molecule has 1 N–H and O–H groups in total. The topological polar surface area (TPSA) is 59.4 Å². The van der Waals surface area contributed by atoms with Crippen molar-refractivity contribution in [3.63, 3.8) is 0 Å². The molecule has 0 atom stereocenters. The van der Waals surface area contributed by atoms with Crippen LogP contribution in [0.2, 0.25) is 0 Å². The lowest BCUT2D eigenvalue weighted by atomic mass is 10.2. The number of carbonyl (C=O) groups is 1. The van der Waals surface area contributed by atoms with E-state index in [-0.39, 0.29) is 5.91 Å². The lowest BCUT2D eigenvalue weighted by Crippen LogP contribution is -2.34. The minimum Gasteiger partial charge on any atom is -0.496 e. The lowest BCUT2D eigenvalue weighted by Gasteiger charge is -2.27. The molecule has 0 fully saturated rings. The summed E-state index contributed by atoms with van der Waals surface area (Å²) in [5.74, 6) is 1.47. The third-order valence-corrected chi connectivity index (χ3v) is 5.27. The van der Waals surface area contributed by atoms with Crippen LogP contribution in [0.5, 0.6) is 5.75 Å². The highest BCUT2D eigenvalue weighted by Gasteiger charge is 2.20. The van der Waals surface area contributed by atoms with E-state index in [2.05, 4.69) is 21.7 Å². The van der Waals surface area contributed by atoms with Gasteiger partial charge in [-0.05, 0) is 43.3 Å². The van der Waals surface area contributed by atoms with Crippen LogP contribution in [0.4, 0.5) is 5.69 Å². The summed E-state index contributed by atoms with van der Waals surface area (Å²) in [5, 5.41) is 2.96. The second-order valence-corrected chi connectivity index (χ2v) is 7.17. The van der Waals surface area contributed by atoms with E-state index in [9.17, 15) is 4.79 Å². The molecule has 0 bridgehead atoms. The van der Waals surface area contributed by atoms with Crippen LogP contribution >= 0.6 is 0 Å². The normalized spacial score (nSPS) is 14.1. The Morgan fingerprint density at radius 3 is 2.89 bits per heavy atom. The summed E-state index contributed by atoms with van der Waals surface area (Å²) < 4.78 is 7.58. The van der Waals surface area contributed by atoms with Crippen molar-refractivity contribution in [3.05, 3.63) is 53.9 Å². The number of nitrogens with zero attached hydrogens (tertiary/aromatic N) is 3. The van der Waals surface area contributed by atoms with E-state index in [4.69, 9.17) is 9.72 Å². The van der Waals surface area contributed by atoms with Crippen LogP contribution in [0.3, 0.4) is 0 Å². The molecule has 28 heavy (non-hydrogen) atoms. The number of amides is 1. The van der Waals surface area contributed by atoms with Gasteiger partial charge >= 0.3 is 0 Å². The van der Waals surface area contributed by atoms with Gasteiger partial charge in [0.2, 0.25) is 0 Å². The molecule has 0 unspecified atom stereocenters. The minimum atomic E-state index is -0.188. The molecule has 1 aliphatic rings. The number of anilines is 1. The van der Waals surface area contributed by atoms with Gasteiger partial charge in [-0.3, -0.25) is 9.69 Å². The molecular weight excluding hydrogens is 352 g/mol. The number of benzene rings is 2. The van der Waals surface area contributed by atoms with E-state index in [1.807, 2.05) is 30.3 Å². The average molecular weight is 378 g/mol. The fourth-order valence-corrected chi connectivity index (χ4v) is 3.75. The highest BCUT2D eigenvalue weighted by molar-refractivity contribution is 6.06. The molecule has 2 aromatic carbocycles. The van der Waals surface area contributed by atoms with Crippen LogP contribution in [0.1, 0.15) is 35.9 Å². The van der Waals surface area contributed by atoms with Crippen molar-refractivity contribution in [1.82, 2.24) is 14.5 Å². The summed E-state index contributed by atoms with van der Waals surface area (Å²) in [6, 6.07) is 13.2. The van der Waals surface area contributed by atoms with Crippen molar-refractivity contribution in [2.45, 2.75) is 32.9 Å². The number of unbranched alkanes of at least 4 members (excludes halogenated alkanes) is 1. The summed E-state index contributed by atoms with van der Waals surface area (Å²) in [6.07, 6.45) is 2.43. The maximum Gasteiger partial charge on any atom is 0.259 e. The molecule has 0 spiro atoms. The van der Waals surface area contributed by atoms with Gasteiger partial charge in [0.25, 0.3) is 5.91 Å². The van der Waals surface area contributed by atoms with E-state index in [0.717, 1.165) is 48.7 Å². The summed E-state index contributed by atoms with van der Waals surface area (Å²) >= 11 is 0. The Morgan fingerprint density at radius 2 is 2.07 bits per heavy atom. The SMILES string of the molecule is CCCCN1CCn2c(nc3cc(NC(=O)c4ccccc4OC)ccc32)C1. The molecule has 0 aliphatic carbocycles. The monoisotopic (exact) mass is 378 g/mol. The van der Waals surface area contributed by atoms with Crippen LogP contribution in [0.15, 0.2) is 42.5 Å². The zero-order valence-corrected chi connectivity index (χ0v) is 16.4. The van der Waals surface area contributed by atoms with E-state index < -0.39 is 0 Å². The predicted octanol–water partition coefficient (Wildman–Crippen LogP) is 3.91. The first-order valence-corrected chi connectivity index (χ1v) is 9.85. The Balaban J connectivity index is 1.55. The van der Waals surface area contributed by atoms with Gasteiger partial charge in [-0.15, -0.1) is 0 Å². The molecule has 0 radical (unpaired) electrons. The van der Waals surface area contributed by atoms with Gasteiger partial charge < -0.3 is 14.6 Å². The molecule has 0 saturated carbocycles. The number of para-hydroxylation sites is 1. The van der Waals surface area contributed by atoms with Crippen molar-refractivity contribution in [2.75, 3.05) is 25.5 Å². The van der Waals surface area contributed by atoms with Crippen molar-refractivity contribution < 1.29 is 9.53 Å². The number of nitrogens with one attached hydrogen (secondary N) is 1. The number of carbonyl (C=O) groups excluding carboxylic acids is 1. The molecule has 0 saturated heterocycles. The van der Waals surface area contributed by atoms with E-state index >= 15 is 0 Å². The molecule has 4 rings (SSSR count). The van der Waals surface area contributed by atoms with E-state index in [1.54, 1.807) is 19.2 Å². The minimum absolute atomic E-state index is 0.188. The highest BCUT2D eigenvalue weighted by atomic mass is 16.5. The Morgan fingerprint density at radius 1 is 1.21 bits per heavy atom. The van der Waals surface area contributed by atoms with Crippen molar-refractivity contribution in [3.8, 4) is 5.75 Å². The first-order chi connectivity index (χ1) is 13.7. The van der Waals surface area contributed by atoms with Crippen molar-refractivity contribution >= 4 is 22.6 Å². The Bertz CT molecular complexity index is 995. The van der Waals surface area contributed by atoms with Crippen LogP contribution < -0.4 is 10.1 Å². The maximum absolute atomic E-state index is 12.6. The van der Waals surface area contributed by atoms with Crippen molar-refractivity contribution in [2.24, 2.45) is 0 Å². The van der Waals surface area contributed by atoms with Crippen LogP contribution in [0, 0.1) is 0 Å². The third kappa shape index (κ3) is 3.60. The van der Waals surface area contributed by atoms with Gasteiger partial charge in [-0.2, -0.15) is 0 Å². The Labute approximate surface area is 165 Å². The first-order valence-electron chi connectivity index (χ1n) is 9.85. The van der Waals surface area contributed by atoms with Gasteiger partial charge in [0.1, 0.15) is 11.6 Å². The fraction of sp³-hybridized carbons (Fsp3) is 0.364. The average Bonchev–Trinajstić information content (AvgIpc) is 3.08. The molecule has 1 aromatic heterocycles. The van der Waals surface area contributed by atoms with Gasteiger partial charge in [-0.25, -0.2) is 4.98 Å². The summed E-state index contributed by atoms with van der Waals surface area (Å²) in [4.78, 5) is 19.9. The quantitative estimate of drug-likeness (QED) is 0.706. The predicted molar refractivity (Wildman–Crippen MR) is 111 cm³/mol. The standard InChI is InChI=1S/C22H26N4O2/c1-3-4-11-25-12-13-26-19-10-9-16(14-18(19)24-21(26)15-25)23-22(27)17-7-5-6-8-20(17)28-2/h5-10,14H,3-4,11-13,15H2,1-2H3,(H,23,27). The number of hydrogen-bond acceptors (Lipinski definition) is 4. The second kappa shape index (κ2) is 8.02. The number of rotatable bonds is 6. The number of hydrogen-bond donors (Lipinski definition) is 1. The molecule has 1 amide bonds. The second-order valence-electron chi connectivity index (χ2n) is 7.17. The van der Waals surface area contributed by atoms with Crippen LogP contribution in [0.25, 0.3) is 11.0 Å². The smallest absolute Gasteiger partial charge is 0.259 e. The molecule has 146 valence electrons. The molecule has 1 aliphatic heterocycles. The van der Waals surface area contributed by atoms with Crippen LogP contribution in [-0.2, 0) is 13.1 Å². The summed E-state index contributed by atoms with van der Waals surface area (Å²) in [5.41, 5.74) is 3.30. The molecule has 6 nitrogen and oxygen atoms in total. The van der Waals surface area contributed by atoms with E-state index in [0.29, 0.717) is 11.3 Å². The number of ether oxygens (including phenoxy) is 1. The van der Waals surface area contributed by atoms with E-state index in [1.165, 1.54) is 12.8 Å². The highest BCUT2D eigenvalue weighted by Crippen LogP contribution is 2.25. The summed E-state index contributed by atoms with van der Waals surface area (Å²) in [6.45, 7) is 6.25. The zero-order valence-electron chi connectivity index (χ0n) is 16.4. The number of aromatic nitrogens is 2. The van der Waals surface area contributed by atoms with Gasteiger partial charge in [0, 0.05) is 18.8 Å². The van der Waals surface area contributed by atoms with Gasteiger partial charge in [0.05, 0.1) is 30.3 Å². The molecule has 2 heterocycles. The Hall–Kier alpha value is -2.86. The third-order valence-electron chi connectivity index (χ3n) is 5.27.